The van der Waals surface area contributed by atoms with Gasteiger partial charge in [-0.15, -0.1) is 0 Å². The molecule has 0 spiro atoms. The largest absolute Gasteiger partial charge is 0.338 e. The number of aromatic nitrogens is 3. The van der Waals surface area contributed by atoms with Crippen LogP contribution >= 0.6 is 11.8 Å². The number of anilines is 1. The highest BCUT2D eigenvalue weighted by molar-refractivity contribution is 8.00. The van der Waals surface area contributed by atoms with Gasteiger partial charge in [0.05, 0.1) is 16.5 Å². The second kappa shape index (κ2) is 6.48. The van der Waals surface area contributed by atoms with Crippen LogP contribution in [0.3, 0.4) is 0 Å². The van der Waals surface area contributed by atoms with Gasteiger partial charge < -0.3 is 4.52 Å². The van der Waals surface area contributed by atoms with Crippen molar-refractivity contribution in [3.05, 3.63) is 41.9 Å². The number of carbonyl (C=O) groups excluding carboxylic acids is 1. The summed E-state index contributed by atoms with van der Waals surface area (Å²) in [5.74, 6) is 1.57. The summed E-state index contributed by atoms with van der Waals surface area (Å²) in [6.07, 6.45) is 2.28. The van der Waals surface area contributed by atoms with Gasteiger partial charge >= 0.3 is 0 Å². The molecule has 7 heteroatoms. The standard InChI is InChI=1S/C18H18N4O2S/c1-10-9-15(24-22-10)20-17(23)11(2)25-18-13-5-3-4-6-14(13)19-16(21-18)12-7-8-12/h3-6,9,11-12H,7-8H2,1-2H3,(H,20,23). The number of benzene rings is 1. The molecule has 1 saturated carbocycles. The maximum atomic E-state index is 12.4. The Hall–Kier alpha value is -2.41. The van der Waals surface area contributed by atoms with Gasteiger partial charge in [-0.25, -0.2) is 9.97 Å². The second-order valence-corrected chi connectivity index (χ2v) is 7.59. The Morgan fingerprint density at radius 3 is 2.84 bits per heavy atom. The van der Waals surface area contributed by atoms with Crippen molar-refractivity contribution < 1.29 is 9.32 Å². The van der Waals surface area contributed by atoms with E-state index in [-0.39, 0.29) is 11.2 Å². The fraction of sp³-hybridized carbons (Fsp3) is 0.333. The lowest BCUT2D eigenvalue weighted by atomic mass is 10.2. The number of carbonyl (C=O) groups is 1. The third-order valence-electron chi connectivity index (χ3n) is 4.06. The number of nitrogens with one attached hydrogen (secondary N) is 1. The first-order chi connectivity index (χ1) is 12.1. The minimum absolute atomic E-state index is 0.142. The van der Waals surface area contributed by atoms with Crippen LogP contribution in [-0.2, 0) is 4.79 Å². The summed E-state index contributed by atoms with van der Waals surface area (Å²) < 4.78 is 5.05. The average Bonchev–Trinajstić information content (AvgIpc) is 3.38. The number of thioether (sulfide) groups is 1. The van der Waals surface area contributed by atoms with Crippen molar-refractivity contribution in [1.82, 2.24) is 15.1 Å². The summed E-state index contributed by atoms with van der Waals surface area (Å²) in [5.41, 5.74) is 1.66. The Labute approximate surface area is 149 Å². The van der Waals surface area contributed by atoms with E-state index in [1.165, 1.54) is 11.8 Å². The smallest absolute Gasteiger partial charge is 0.240 e. The molecule has 1 aromatic carbocycles. The molecule has 1 fully saturated rings. The third-order valence-corrected chi connectivity index (χ3v) is 5.16. The van der Waals surface area contributed by atoms with Gasteiger partial charge in [-0.1, -0.05) is 35.1 Å². The molecule has 0 bridgehead atoms. The van der Waals surface area contributed by atoms with E-state index in [2.05, 4.69) is 15.5 Å². The molecule has 1 aliphatic rings. The lowest BCUT2D eigenvalue weighted by Gasteiger charge is -2.12. The predicted octanol–water partition coefficient (Wildman–Crippen LogP) is 3.92. The highest BCUT2D eigenvalue weighted by atomic mass is 32.2. The van der Waals surface area contributed by atoms with Crippen LogP contribution in [0.25, 0.3) is 10.9 Å². The predicted molar refractivity (Wildman–Crippen MR) is 96.7 cm³/mol. The Balaban J connectivity index is 1.57. The summed E-state index contributed by atoms with van der Waals surface area (Å²) in [6, 6.07) is 9.63. The van der Waals surface area contributed by atoms with Crippen LogP contribution in [0.5, 0.6) is 0 Å². The zero-order valence-corrected chi connectivity index (χ0v) is 14.8. The molecule has 1 unspecified atom stereocenters. The first kappa shape index (κ1) is 16.1. The number of rotatable bonds is 5. The first-order valence-electron chi connectivity index (χ1n) is 8.27. The van der Waals surface area contributed by atoms with Crippen molar-refractivity contribution >= 4 is 34.5 Å². The van der Waals surface area contributed by atoms with E-state index in [0.29, 0.717) is 11.8 Å². The molecule has 1 N–H and O–H groups in total. The van der Waals surface area contributed by atoms with E-state index in [4.69, 9.17) is 9.51 Å². The zero-order chi connectivity index (χ0) is 17.4. The zero-order valence-electron chi connectivity index (χ0n) is 14.0. The van der Waals surface area contributed by atoms with E-state index in [1.807, 2.05) is 38.1 Å². The third kappa shape index (κ3) is 3.51. The van der Waals surface area contributed by atoms with Crippen LogP contribution < -0.4 is 5.32 Å². The summed E-state index contributed by atoms with van der Waals surface area (Å²) in [5, 5.41) is 8.03. The first-order valence-corrected chi connectivity index (χ1v) is 9.15. The Bertz CT molecular complexity index is 936. The molecule has 25 heavy (non-hydrogen) atoms. The number of hydrogen-bond acceptors (Lipinski definition) is 6. The van der Waals surface area contributed by atoms with Gasteiger partial charge in [0, 0.05) is 17.4 Å². The van der Waals surface area contributed by atoms with E-state index < -0.39 is 0 Å². The van der Waals surface area contributed by atoms with Gasteiger partial charge in [0.2, 0.25) is 11.8 Å². The van der Waals surface area contributed by atoms with Crippen LogP contribution in [0, 0.1) is 6.92 Å². The Morgan fingerprint density at radius 2 is 2.12 bits per heavy atom. The molecule has 6 nitrogen and oxygen atoms in total. The van der Waals surface area contributed by atoms with Gasteiger partial charge in [-0.3, -0.25) is 10.1 Å². The highest BCUT2D eigenvalue weighted by Gasteiger charge is 2.28. The molecule has 1 aliphatic carbocycles. The normalized spacial score (nSPS) is 15.3. The van der Waals surface area contributed by atoms with Crippen LogP contribution in [0.2, 0.25) is 0 Å². The molecule has 128 valence electrons. The highest BCUT2D eigenvalue weighted by Crippen LogP contribution is 2.40. The van der Waals surface area contributed by atoms with Crippen LogP contribution in [0.1, 0.15) is 37.2 Å². The van der Waals surface area contributed by atoms with Gasteiger partial charge in [-0.2, -0.15) is 0 Å². The number of hydrogen-bond donors (Lipinski definition) is 1. The maximum absolute atomic E-state index is 12.4. The number of amides is 1. The van der Waals surface area contributed by atoms with Crippen molar-refractivity contribution in [3.63, 3.8) is 0 Å². The van der Waals surface area contributed by atoms with E-state index in [9.17, 15) is 4.79 Å². The molecule has 4 rings (SSSR count). The monoisotopic (exact) mass is 354 g/mol. The quantitative estimate of drug-likeness (QED) is 0.552. The average molecular weight is 354 g/mol. The van der Waals surface area contributed by atoms with Crippen molar-refractivity contribution in [2.45, 2.75) is 42.9 Å². The van der Waals surface area contributed by atoms with Crippen molar-refractivity contribution in [2.24, 2.45) is 0 Å². The lowest BCUT2D eigenvalue weighted by Crippen LogP contribution is -2.22. The van der Waals surface area contributed by atoms with E-state index >= 15 is 0 Å². The van der Waals surface area contributed by atoms with Crippen LogP contribution in [-0.4, -0.2) is 26.3 Å². The molecule has 1 atom stereocenters. The van der Waals surface area contributed by atoms with Gasteiger partial charge in [0.1, 0.15) is 10.9 Å². The minimum Gasteiger partial charge on any atom is -0.338 e. The SMILES string of the molecule is Cc1cc(NC(=O)C(C)Sc2nc(C3CC3)nc3ccccc23)on1. The molecule has 2 heterocycles. The van der Waals surface area contributed by atoms with Crippen molar-refractivity contribution in [2.75, 3.05) is 5.32 Å². The molecular formula is C18H18N4O2S. The van der Waals surface area contributed by atoms with Gasteiger partial charge in [0.15, 0.2) is 0 Å². The fourth-order valence-electron chi connectivity index (χ4n) is 2.55. The minimum atomic E-state index is -0.323. The maximum Gasteiger partial charge on any atom is 0.240 e. The molecule has 3 aromatic rings. The summed E-state index contributed by atoms with van der Waals surface area (Å²) in [4.78, 5) is 21.8. The molecule has 0 saturated heterocycles. The lowest BCUT2D eigenvalue weighted by molar-refractivity contribution is -0.115. The molecule has 0 radical (unpaired) electrons. The molecule has 0 aliphatic heterocycles. The Kier molecular flexibility index (Phi) is 4.17. The number of aryl methyl sites for hydroxylation is 1. The van der Waals surface area contributed by atoms with Crippen molar-refractivity contribution in [1.29, 1.82) is 0 Å². The molecular weight excluding hydrogens is 336 g/mol. The molecule has 2 aromatic heterocycles. The summed E-state index contributed by atoms with van der Waals surface area (Å²) >= 11 is 1.44. The van der Waals surface area contributed by atoms with E-state index in [1.54, 1.807) is 6.07 Å². The van der Waals surface area contributed by atoms with Crippen LogP contribution in [0.15, 0.2) is 39.9 Å². The van der Waals surface area contributed by atoms with E-state index in [0.717, 1.165) is 40.3 Å². The second-order valence-electron chi connectivity index (χ2n) is 6.26. The summed E-state index contributed by atoms with van der Waals surface area (Å²) in [7, 11) is 0. The number of fused-ring (bicyclic) bond motifs is 1. The Morgan fingerprint density at radius 1 is 1.32 bits per heavy atom. The molecule has 1 amide bonds. The topological polar surface area (TPSA) is 80.9 Å². The number of para-hydroxylation sites is 1. The van der Waals surface area contributed by atoms with Gasteiger partial charge in [-0.05, 0) is 32.8 Å². The number of nitrogens with zero attached hydrogens (tertiary/aromatic N) is 3. The van der Waals surface area contributed by atoms with Gasteiger partial charge in [0.25, 0.3) is 0 Å². The fourth-order valence-corrected chi connectivity index (χ4v) is 3.49. The van der Waals surface area contributed by atoms with Crippen molar-refractivity contribution in [3.8, 4) is 0 Å². The van der Waals surface area contributed by atoms with Crippen LogP contribution in [0.4, 0.5) is 5.88 Å². The summed E-state index contributed by atoms with van der Waals surface area (Å²) in [6.45, 7) is 3.67.